The molecule has 8 heteroatoms. The minimum atomic E-state index is -0.438. The largest absolute Gasteiger partial charge is 0.347 e. The Kier molecular flexibility index (Phi) is 3.78. The zero-order chi connectivity index (χ0) is 16.7. The SMILES string of the molecule is O=C(N[C@@H]1C[C@H]2CC[C@@H]1N2)c1cnc(-c2cccc([N+](=O)[O-])c2)s1. The van der Waals surface area contributed by atoms with Crippen molar-refractivity contribution in [2.75, 3.05) is 0 Å². The Balaban J connectivity index is 1.49. The van der Waals surface area contributed by atoms with E-state index in [1.165, 1.54) is 36.1 Å². The number of nitrogens with one attached hydrogen (secondary N) is 2. The number of rotatable bonds is 4. The number of nitrogens with zero attached hydrogens (tertiary/aromatic N) is 2. The smallest absolute Gasteiger partial charge is 0.270 e. The van der Waals surface area contributed by atoms with Crippen molar-refractivity contribution >= 4 is 22.9 Å². The van der Waals surface area contributed by atoms with Crippen molar-refractivity contribution < 1.29 is 9.72 Å². The molecule has 0 spiro atoms. The Bertz CT molecular complexity index is 806. The van der Waals surface area contributed by atoms with Crippen molar-refractivity contribution in [3.63, 3.8) is 0 Å². The van der Waals surface area contributed by atoms with Gasteiger partial charge in [-0.2, -0.15) is 0 Å². The van der Waals surface area contributed by atoms with Crippen LogP contribution >= 0.6 is 11.3 Å². The molecule has 1 amide bonds. The first-order valence-electron chi connectivity index (χ1n) is 7.88. The summed E-state index contributed by atoms with van der Waals surface area (Å²) in [6.45, 7) is 0. The minimum absolute atomic E-state index is 0.0155. The van der Waals surface area contributed by atoms with E-state index in [9.17, 15) is 14.9 Å². The van der Waals surface area contributed by atoms with Crippen LogP contribution < -0.4 is 10.6 Å². The molecule has 0 saturated carbocycles. The highest BCUT2D eigenvalue weighted by atomic mass is 32.1. The van der Waals surface area contributed by atoms with Gasteiger partial charge < -0.3 is 10.6 Å². The molecule has 2 fully saturated rings. The number of aromatic nitrogens is 1. The highest BCUT2D eigenvalue weighted by Gasteiger charge is 2.39. The van der Waals surface area contributed by atoms with Gasteiger partial charge in [-0.1, -0.05) is 12.1 Å². The molecule has 2 N–H and O–H groups in total. The van der Waals surface area contributed by atoms with Gasteiger partial charge in [-0.25, -0.2) is 4.98 Å². The number of carbonyl (C=O) groups excluding carboxylic acids is 1. The number of non-ortho nitro benzene ring substituents is 1. The Hall–Kier alpha value is -2.32. The molecule has 0 radical (unpaired) electrons. The summed E-state index contributed by atoms with van der Waals surface area (Å²) in [5.74, 6) is -0.122. The van der Waals surface area contributed by atoms with Gasteiger partial charge in [0.05, 0.1) is 11.1 Å². The van der Waals surface area contributed by atoms with Gasteiger partial charge in [-0.05, 0) is 19.3 Å². The maximum atomic E-state index is 12.4. The van der Waals surface area contributed by atoms with Crippen molar-refractivity contribution in [3.05, 3.63) is 45.5 Å². The predicted octanol–water partition coefficient (Wildman–Crippen LogP) is 2.34. The van der Waals surface area contributed by atoms with Crippen LogP contribution in [0.25, 0.3) is 10.6 Å². The van der Waals surface area contributed by atoms with Crippen LogP contribution in [0.2, 0.25) is 0 Å². The van der Waals surface area contributed by atoms with E-state index in [0.717, 1.165) is 12.8 Å². The third-order valence-corrected chi connectivity index (χ3v) is 5.70. The Labute approximate surface area is 142 Å². The molecule has 0 unspecified atom stereocenters. The number of thiazole rings is 1. The number of amides is 1. The van der Waals surface area contributed by atoms with Crippen LogP contribution in [0, 0.1) is 10.1 Å². The van der Waals surface area contributed by atoms with Gasteiger partial charge in [-0.3, -0.25) is 14.9 Å². The molecule has 2 aliphatic heterocycles. The lowest BCUT2D eigenvalue weighted by Gasteiger charge is -2.20. The third kappa shape index (κ3) is 2.78. The van der Waals surface area contributed by atoms with Crippen LogP contribution in [0.4, 0.5) is 5.69 Å². The zero-order valence-electron chi connectivity index (χ0n) is 12.8. The number of hydrogen-bond donors (Lipinski definition) is 2. The van der Waals surface area contributed by atoms with E-state index in [0.29, 0.717) is 27.5 Å². The molecule has 3 heterocycles. The molecule has 7 nitrogen and oxygen atoms in total. The van der Waals surface area contributed by atoms with Gasteiger partial charge in [0.25, 0.3) is 11.6 Å². The monoisotopic (exact) mass is 344 g/mol. The molecule has 2 bridgehead atoms. The summed E-state index contributed by atoms with van der Waals surface area (Å²) in [5.41, 5.74) is 0.664. The van der Waals surface area contributed by atoms with Crippen LogP contribution in [0.5, 0.6) is 0 Å². The molecule has 2 aromatic rings. The number of fused-ring (bicyclic) bond motifs is 2. The topological polar surface area (TPSA) is 97.2 Å². The zero-order valence-corrected chi connectivity index (χ0v) is 13.6. The number of carbonyl (C=O) groups is 1. The number of nitro benzene ring substituents is 1. The lowest BCUT2D eigenvalue weighted by molar-refractivity contribution is -0.384. The second kappa shape index (κ2) is 5.95. The van der Waals surface area contributed by atoms with Gasteiger partial charge in [0, 0.05) is 35.8 Å². The molecule has 4 rings (SSSR count). The van der Waals surface area contributed by atoms with Crippen LogP contribution in [0.3, 0.4) is 0 Å². The lowest BCUT2D eigenvalue weighted by atomic mass is 9.95. The van der Waals surface area contributed by atoms with E-state index >= 15 is 0 Å². The molecule has 24 heavy (non-hydrogen) atoms. The Morgan fingerprint density at radius 2 is 2.29 bits per heavy atom. The fourth-order valence-corrected chi connectivity index (χ4v) is 4.30. The average Bonchev–Trinajstić information content (AvgIpc) is 3.31. The molecule has 1 aromatic heterocycles. The van der Waals surface area contributed by atoms with Gasteiger partial charge in [0.2, 0.25) is 0 Å². The van der Waals surface area contributed by atoms with E-state index in [2.05, 4.69) is 15.6 Å². The first-order valence-corrected chi connectivity index (χ1v) is 8.69. The lowest BCUT2D eigenvalue weighted by Crippen LogP contribution is -2.42. The number of hydrogen-bond acceptors (Lipinski definition) is 6. The van der Waals surface area contributed by atoms with Gasteiger partial charge in [-0.15, -0.1) is 11.3 Å². The highest BCUT2D eigenvalue weighted by Crippen LogP contribution is 2.30. The van der Waals surface area contributed by atoms with Crippen molar-refractivity contribution in [1.82, 2.24) is 15.6 Å². The second-order valence-electron chi connectivity index (χ2n) is 6.20. The molecule has 2 aliphatic rings. The molecule has 124 valence electrons. The normalized spacial score (nSPS) is 24.9. The Morgan fingerprint density at radius 3 is 3.00 bits per heavy atom. The van der Waals surface area contributed by atoms with Crippen molar-refractivity contribution in [3.8, 4) is 10.6 Å². The summed E-state index contributed by atoms with van der Waals surface area (Å²) in [7, 11) is 0. The van der Waals surface area contributed by atoms with E-state index in [1.807, 2.05) is 0 Å². The van der Waals surface area contributed by atoms with E-state index in [1.54, 1.807) is 12.1 Å². The first-order chi connectivity index (χ1) is 11.6. The molecular formula is C16H16N4O3S. The summed E-state index contributed by atoms with van der Waals surface area (Å²) in [6.07, 6.45) is 4.81. The highest BCUT2D eigenvalue weighted by molar-refractivity contribution is 7.16. The van der Waals surface area contributed by atoms with Gasteiger partial charge >= 0.3 is 0 Å². The maximum absolute atomic E-state index is 12.4. The summed E-state index contributed by atoms with van der Waals surface area (Å²) in [5, 5.41) is 18.1. The number of nitro groups is 1. The summed E-state index contributed by atoms with van der Waals surface area (Å²) in [6, 6.07) is 7.38. The van der Waals surface area contributed by atoms with Crippen LogP contribution in [-0.4, -0.2) is 33.9 Å². The quantitative estimate of drug-likeness (QED) is 0.655. The summed E-state index contributed by atoms with van der Waals surface area (Å²) < 4.78 is 0. The van der Waals surface area contributed by atoms with Gasteiger partial charge in [0.15, 0.2) is 0 Å². The number of benzene rings is 1. The Morgan fingerprint density at radius 1 is 1.42 bits per heavy atom. The third-order valence-electron chi connectivity index (χ3n) is 4.65. The van der Waals surface area contributed by atoms with E-state index < -0.39 is 4.92 Å². The molecule has 2 saturated heterocycles. The van der Waals surface area contributed by atoms with Crippen LogP contribution in [-0.2, 0) is 0 Å². The second-order valence-corrected chi connectivity index (χ2v) is 7.23. The van der Waals surface area contributed by atoms with E-state index in [4.69, 9.17) is 0 Å². The average molecular weight is 344 g/mol. The molecule has 3 atom stereocenters. The molecule has 0 aliphatic carbocycles. The molecular weight excluding hydrogens is 328 g/mol. The fourth-order valence-electron chi connectivity index (χ4n) is 3.49. The predicted molar refractivity (Wildman–Crippen MR) is 90.0 cm³/mol. The van der Waals surface area contributed by atoms with Crippen molar-refractivity contribution in [2.24, 2.45) is 0 Å². The fraction of sp³-hybridized carbons (Fsp3) is 0.375. The minimum Gasteiger partial charge on any atom is -0.347 e. The standard InChI is InChI=1S/C16H16N4O3S/c21-15(19-13-7-10-4-5-12(13)18-10)14-8-17-16(24-14)9-2-1-3-11(6-9)20(22)23/h1-3,6,8,10,12-13,18H,4-5,7H2,(H,19,21)/t10-,12+,13-/m1/s1. The van der Waals surface area contributed by atoms with Gasteiger partial charge in [0.1, 0.15) is 9.88 Å². The molecule has 1 aromatic carbocycles. The summed E-state index contributed by atoms with van der Waals surface area (Å²) >= 11 is 1.25. The first kappa shape index (κ1) is 15.2. The van der Waals surface area contributed by atoms with Crippen LogP contribution in [0.1, 0.15) is 28.9 Å². The van der Waals surface area contributed by atoms with Crippen molar-refractivity contribution in [2.45, 2.75) is 37.4 Å². The van der Waals surface area contributed by atoms with E-state index in [-0.39, 0.29) is 17.6 Å². The summed E-state index contributed by atoms with van der Waals surface area (Å²) in [4.78, 5) is 27.6. The maximum Gasteiger partial charge on any atom is 0.270 e. The van der Waals surface area contributed by atoms with Crippen LogP contribution in [0.15, 0.2) is 30.5 Å². The van der Waals surface area contributed by atoms with Crippen molar-refractivity contribution in [1.29, 1.82) is 0 Å².